The number of aryl methyl sites for hydroxylation is 1. The van der Waals surface area contributed by atoms with Gasteiger partial charge in [-0.05, 0) is 25.3 Å². The molecule has 6 nitrogen and oxygen atoms in total. The van der Waals surface area contributed by atoms with Crippen molar-refractivity contribution in [2.45, 2.75) is 13.5 Å². The van der Waals surface area contributed by atoms with Crippen LogP contribution < -0.4 is 11.1 Å². The van der Waals surface area contributed by atoms with Gasteiger partial charge in [0, 0.05) is 12.6 Å². The molecule has 2 aromatic rings. The summed E-state index contributed by atoms with van der Waals surface area (Å²) in [6, 6.07) is 5.24. The molecule has 1 heterocycles. The topological polar surface area (TPSA) is 83.3 Å². The molecule has 0 atom stereocenters. The van der Waals surface area contributed by atoms with E-state index in [4.69, 9.17) is 9.68 Å². The summed E-state index contributed by atoms with van der Waals surface area (Å²) in [5, 5.41) is 11.5. The second kappa shape index (κ2) is 5.63. The fraction of sp³-hybridized carbons (Fsp3) is 0.250. The van der Waals surface area contributed by atoms with Crippen LogP contribution in [0.25, 0.3) is 11.1 Å². The lowest BCUT2D eigenvalue weighted by atomic mass is 10.3. The Hall–Kier alpha value is -2.20. The van der Waals surface area contributed by atoms with Crippen LogP contribution in [-0.4, -0.2) is 16.0 Å². The van der Waals surface area contributed by atoms with Crippen molar-refractivity contribution in [3.8, 4) is 6.19 Å². The van der Waals surface area contributed by atoms with E-state index in [1.54, 1.807) is 22.8 Å². The number of benzene rings is 1. The third-order valence-corrected chi connectivity index (χ3v) is 3.13. The van der Waals surface area contributed by atoms with Crippen LogP contribution in [-0.2, 0) is 6.54 Å². The highest BCUT2D eigenvalue weighted by molar-refractivity contribution is 8.13. The summed E-state index contributed by atoms with van der Waals surface area (Å²) in [6.45, 7) is 2.44. The molecule has 0 spiro atoms. The van der Waals surface area contributed by atoms with Gasteiger partial charge in [-0.2, -0.15) is 5.26 Å². The first-order valence-corrected chi connectivity index (χ1v) is 6.83. The Morgan fingerprint density at radius 3 is 3.05 bits per heavy atom. The Bertz CT molecular complexity index is 723. The third kappa shape index (κ3) is 2.63. The molecular formula is C12H12N4O2S. The van der Waals surface area contributed by atoms with Crippen molar-refractivity contribution in [1.82, 2.24) is 9.88 Å². The summed E-state index contributed by atoms with van der Waals surface area (Å²) in [7, 11) is 0. The van der Waals surface area contributed by atoms with E-state index in [0.29, 0.717) is 23.0 Å². The van der Waals surface area contributed by atoms with Crippen molar-refractivity contribution in [1.29, 1.82) is 5.26 Å². The van der Waals surface area contributed by atoms with Crippen LogP contribution >= 0.6 is 11.8 Å². The highest BCUT2D eigenvalue weighted by atomic mass is 32.2. The van der Waals surface area contributed by atoms with E-state index in [9.17, 15) is 4.79 Å². The van der Waals surface area contributed by atoms with Gasteiger partial charge >= 0.3 is 5.76 Å². The van der Waals surface area contributed by atoms with Crippen LogP contribution in [0.15, 0.2) is 32.4 Å². The molecule has 0 fully saturated rings. The zero-order chi connectivity index (χ0) is 13.8. The highest BCUT2D eigenvalue weighted by Gasteiger charge is 2.08. The van der Waals surface area contributed by atoms with Crippen molar-refractivity contribution in [2.75, 3.05) is 6.26 Å². The zero-order valence-corrected chi connectivity index (χ0v) is 11.3. The summed E-state index contributed by atoms with van der Waals surface area (Å²) in [5.41, 5.74) is 1.85. The Balaban J connectivity index is 2.48. The van der Waals surface area contributed by atoms with Gasteiger partial charge in [0.2, 0.25) is 0 Å². The van der Waals surface area contributed by atoms with E-state index < -0.39 is 0 Å². The molecule has 98 valence electrons. The van der Waals surface area contributed by atoms with Crippen LogP contribution in [0, 0.1) is 11.5 Å². The van der Waals surface area contributed by atoms with Gasteiger partial charge in [-0.3, -0.25) is 9.88 Å². The number of nitrogens with zero attached hydrogens (tertiary/aromatic N) is 3. The van der Waals surface area contributed by atoms with Crippen LogP contribution in [0.5, 0.6) is 0 Å². The smallest absolute Gasteiger partial charge is 0.408 e. The van der Waals surface area contributed by atoms with E-state index in [-0.39, 0.29) is 5.76 Å². The van der Waals surface area contributed by atoms with Gasteiger partial charge in [0.15, 0.2) is 16.9 Å². The Morgan fingerprint density at radius 1 is 1.63 bits per heavy atom. The molecule has 0 amide bonds. The molecule has 0 aliphatic rings. The Kier molecular flexibility index (Phi) is 3.92. The van der Waals surface area contributed by atoms with Crippen molar-refractivity contribution in [3.05, 3.63) is 28.7 Å². The lowest BCUT2D eigenvalue weighted by Gasteiger charge is -2.00. The number of nitriles is 1. The number of hydrogen-bond donors (Lipinski definition) is 1. The molecule has 0 saturated heterocycles. The normalized spacial score (nSPS) is 11.5. The van der Waals surface area contributed by atoms with E-state index >= 15 is 0 Å². The van der Waals surface area contributed by atoms with Gasteiger partial charge < -0.3 is 4.42 Å². The molecule has 1 N–H and O–H groups in total. The molecule has 0 radical (unpaired) electrons. The number of oxazole rings is 1. The summed E-state index contributed by atoms with van der Waals surface area (Å²) in [5.74, 6) is -0.376. The first-order chi connectivity index (χ1) is 9.19. The minimum Gasteiger partial charge on any atom is -0.408 e. The summed E-state index contributed by atoms with van der Waals surface area (Å²) >= 11 is 1.33. The van der Waals surface area contributed by atoms with Crippen molar-refractivity contribution >= 4 is 33.7 Å². The number of aliphatic imine (C=N–C) groups is 1. The highest BCUT2D eigenvalue weighted by Crippen LogP contribution is 2.21. The quantitative estimate of drug-likeness (QED) is 0.393. The van der Waals surface area contributed by atoms with Gasteiger partial charge in [0.05, 0.1) is 11.2 Å². The van der Waals surface area contributed by atoms with Gasteiger partial charge in [-0.15, -0.1) is 0 Å². The fourth-order valence-electron chi connectivity index (χ4n) is 1.71. The number of amidine groups is 1. The van der Waals surface area contributed by atoms with E-state index in [1.807, 2.05) is 19.4 Å². The monoisotopic (exact) mass is 276 g/mol. The van der Waals surface area contributed by atoms with Crippen LogP contribution in [0.2, 0.25) is 0 Å². The minimum atomic E-state index is -0.376. The maximum absolute atomic E-state index is 11.6. The van der Waals surface area contributed by atoms with Crippen LogP contribution in [0.3, 0.4) is 0 Å². The van der Waals surface area contributed by atoms with Gasteiger partial charge in [-0.25, -0.2) is 9.79 Å². The molecular weight excluding hydrogens is 264 g/mol. The molecule has 2 rings (SSSR count). The molecule has 1 aromatic carbocycles. The third-order valence-electron chi connectivity index (χ3n) is 2.55. The van der Waals surface area contributed by atoms with E-state index in [0.717, 1.165) is 5.52 Å². The van der Waals surface area contributed by atoms with Crippen LogP contribution in [0.1, 0.15) is 6.92 Å². The minimum absolute atomic E-state index is 0.376. The van der Waals surface area contributed by atoms with Gasteiger partial charge in [-0.1, -0.05) is 11.8 Å². The Labute approximate surface area is 113 Å². The summed E-state index contributed by atoms with van der Waals surface area (Å²) < 4.78 is 6.70. The average molecular weight is 276 g/mol. The number of rotatable bonds is 2. The second-order valence-electron chi connectivity index (χ2n) is 3.62. The molecule has 0 saturated carbocycles. The average Bonchev–Trinajstić information content (AvgIpc) is 2.72. The maximum atomic E-state index is 11.6. The predicted octanol–water partition coefficient (Wildman–Crippen LogP) is 2.04. The number of fused-ring (bicyclic) bond motifs is 1. The summed E-state index contributed by atoms with van der Waals surface area (Å²) in [4.78, 5) is 15.8. The standard InChI is InChI=1S/C12H12N4O2S/c1-3-16-9-5-4-8(6-10(9)18-12(16)17)15-11(19-2)14-7-13/h4-6H,3H2,1-2H3,(H,14,15). The van der Waals surface area contributed by atoms with Crippen molar-refractivity contribution < 1.29 is 4.42 Å². The van der Waals surface area contributed by atoms with Crippen molar-refractivity contribution in [3.63, 3.8) is 0 Å². The fourth-order valence-corrected chi connectivity index (χ4v) is 2.06. The molecule has 0 aliphatic carbocycles. The molecule has 0 unspecified atom stereocenters. The SMILES string of the molecule is CCn1c(=O)oc2cc(N=C(NC#N)SC)ccc21. The van der Waals surface area contributed by atoms with E-state index in [2.05, 4.69) is 10.3 Å². The molecule has 19 heavy (non-hydrogen) atoms. The van der Waals surface area contributed by atoms with Gasteiger partial charge in [0.1, 0.15) is 0 Å². The first-order valence-electron chi connectivity index (χ1n) is 5.60. The van der Waals surface area contributed by atoms with Crippen LogP contribution in [0.4, 0.5) is 5.69 Å². The molecule has 0 aliphatic heterocycles. The molecule has 1 aromatic heterocycles. The second-order valence-corrected chi connectivity index (χ2v) is 4.42. The molecule has 7 heteroatoms. The Morgan fingerprint density at radius 2 is 2.42 bits per heavy atom. The number of thioether (sulfide) groups is 1. The number of nitrogens with one attached hydrogen (secondary N) is 1. The lowest BCUT2D eigenvalue weighted by Crippen LogP contribution is -2.12. The lowest BCUT2D eigenvalue weighted by molar-refractivity contribution is 0.513. The predicted molar refractivity (Wildman–Crippen MR) is 75.5 cm³/mol. The van der Waals surface area contributed by atoms with Crippen molar-refractivity contribution in [2.24, 2.45) is 4.99 Å². The number of aromatic nitrogens is 1. The number of hydrogen-bond acceptors (Lipinski definition) is 5. The molecule has 0 bridgehead atoms. The van der Waals surface area contributed by atoms with E-state index in [1.165, 1.54) is 11.8 Å². The maximum Gasteiger partial charge on any atom is 0.419 e. The summed E-state index contributed by atoms with van der Waals surface area (Å²) in [6.07, 6.45) is 3.63. The largest absolute Gasteiger partial charge is 0.419 e. The first kappa shape index (κ1) is 13.2. The zero-order valence-electron chi connectivity index (χ0n) is 10.5. The van der Waals surface area contributed by atoms with Gasteiger partial charge in [0.25, 0.3) is 0 Å².